The van der Waals surface area contributed by atoms with Crippen LogP contribution < -0.4 is 5.32 Å². The van der Waals surface area contributed by atoms with Crippen LogP contribution in [0.3, 0.4) is 0 Å². The monoisotopic (exact) mass is 217 g/mol. The number of rotatable bonds is 3. The Balaban J connectivity index is 1.86. The van der Waals surface area contributed by atoms with Gasteiger partial charge in [0.1, 0.15) is 5.78 Å². The first-order valence-corrected chi connectivity index (χ1v) is 6.18. The largest absolute Gasteiger partial charge is 0.384 e. The molecule has 2 rings (SSSR count). The van der Waals surface area contributed by atoms with Gasteiger partial charge in [-0.25, -0.2) is 0 Å². The number of para-hydroxylation sites is 1. The van der Waals surface area contributed by atoms with E-state index in [-0.39, 0.29) is 5.92 Å². The molecule has 0 aromatic heterocycles. The molecule has 1 aliphatic carbocycles. The van der Waals surface area contributed by atoms with Gasteiger partial charge in [0.15, 0.2) is 0 Å². The Hall–Kier alpha value is -1.31. The molecule has 16 heavy (non-hydrogen) atoms. The summed E-state index contributed by atoms with van der Waals surface area (Å²) in [6, 6.07) is 10.1. The van der Waals surface area contributed by atoms with Crippen LogP contribution in [0.15, 0.2) is 30.3 Å². The Bertz CT molecular complexity index is 334. The topological polar surface area (TPSA) is 29.1 Å². The van der Waals surface area contributed by atoms with E-state index in [2.05, 4.69) is 5.32 Å². The average Bonchev–Trinajstić information content (AvgIpc) is 2.53. The van der Waals surface area contributed by atoms with E-state index in [0.29, 0.717) is 5.78 Å². The molecule has 1 aromatic rings. The van der Waals surface area contributed by atoms with Crippen molar-refractivity contribution in [3.63, 3.8) is 0 Å². The molecule has 0 bridgehead atoms. The van der Waals surface area contributed by atoms with Crippen molar-refractivity contribution in [1.29, 1.82) is 0 Å². The smallest absolute Gasteiger partial charge is 0.137 e. The number of carbonyl (C=O) groups excluding carboxylic acids is 1. The van der Waals surface area contributed by atoms with Gasteiger partial charge in [0.25, 0.3) is 0 Å². The fraction of sp³-hybridized carbons (Fsp3) is 0.500. The maximum absolute atomic E-state index is 11.8. The quantitative estimate of drug-likeness (QED) is 0.787. The zero-order chi connectivity index (χ0) is 11.2. The number of nitrogens with one attached hydrogen (secondary N) is 1. The summed E-state index contributed by atoms with van der Waals surface area (Å²) in [7, 11) is 0. The summed E-state index contributed by atoms with van der Waals surface area (Å²) in [4.78, 5) is 11.8. The molecule has 0 aliphatic heterocycles. The summed E-state index contributed by atoms with van der Waals surface area (Å²) >= 11 is 0. The summed E-state index contributed by atoms with van der Waals surface area (Å²) in [6.07, 6.45) is 5.33. The molecule has 0 radical (unpaired) electrons. The lowest BCUT2D eigenvalue weighted by atomic mass is 9.99. The van der Waals surface area contributed by atoms with Crippen molar-refractivity contribution in [3.05, 3.63) is 30.3 Å². The van der Waals surface area contributed by atoms with Gasteiger partial charge in [0.05, 0.1) is 0 Å². The molecule has 1 N–H and O–H groups in total. The van der Waals surface area contributed by atoms with Crippen LogP contribution in [-0.4, -0.2) is 12.3 Å². The lowest BCUT2D eigenvalue weighted by Crippen LogP contribution is -2.21. The Morgan fingerprint density at radius 3 is 2.75 bits per heavy atom. The van der Waals surface area contributed by atoms with Crippen molar-refractivity contribution in [3.8, 4) is 0 Å². The minimum Gasteiger partial charge on any atom is -0.384 e. The first-order valence-electron chi connectivity index (χ1n) is 6.18. The third kappa shape index (κ3) is 3.09. The normalized spacial score (nSPS) is 21.5. The molecule has 86 valence electrons. The van der Waals surface area contributed by atoms with Crippen LogP contribution in [0.4, 0.5) is 5.69 Å². The number of hydrogen-bond donors (Lipinski definition) is 1. The SMILES string of the molecule is O=C1CCCCCC1CNc1ccccc1. The van der Waals surface area contributed by atoms with Crippen LogP contribution in [0.25, 0.3) is 0 Å². The highest BCUT2D eigenvalue weighted by Crippen LogP contribution is 2.20. The molecule has 1 atom stereocenters. The Kier molecular flexibility index (Phi) is 3.97. The van der Waals surface area contributed by atoms with Crippen molar-refractivity contribution in [2.45, 2.75) is 32.1 Å². The maximum Gasteiger partial charge on any atom is 0.137 e. The number of carbonyl (C=O) groups is 1. The Labute approximate surface area is 97.1 Å². The lowest BCUT2D eigenvalue weighted by molar-refractivity contribution is -0.122. The number of anilines is 1. The Morgan fingerprint density at radius 1 is 1.12 bits per heavy atom. The maximum atomic E-state index is 11.8. The molecular formula is C14H19NO. The molecule has 0 amide bonds. The van der Waals surface area contributed by atoms with E-state index in [1.165, 1.54) is 12.8 Å². The van der Waals surface area contributed by atoms with Crippen LogP contribution in [0.5, 0.6) is 0 Å². The summed E-state index contributed by atoms with van der Waals surface area (Å²) < 4.78 is 0. The first-order chi connectivity index (χ1) is 7.86. The fourth-order valence-corrected chi connectivity index (χ4v) is 2.24. The Morgan fingerprint density at radius 2 is 1.94 bits per heavy atom. The van der Waals surface area contributed by atoms with Gasteiger partial charge in [0.2, 0.25) is 0 Å². The van der Waals surface area contributed by atoms with Gasteiger partial charge in [-0.05, 0) is 25.0 Å². The first kappa shape index (κ1) is 11.2. The van der Waals surface area contributed by atoms with E-state index in [9.17, 15) is 4.79 Å². The number of Topliss-reactive ketones (excluding diaryl/α,β-unsaturated/α-hetero) is 1. The molecule has 0 heterocycles. The third-order valence-corrected chi connectivity index (χ3v) is 3.26. The average molecular weight is 217 g/mol. The molecule has 1 fully saturated rings. The minimum atomic E-state index is 0.225. The van der Waals surface area contributed by atoms with Crippen molar-refractivity contribution in [2.75, 3.05) is 11.9 Å². The van der Waals surface area contributed by atoms with Crippen LogP contribution in [0.2, 0.25) is 0 Å². The van der Waals surface area contributed by atoms with Crippen molar-refractivity contribution in [2.24, 2.45) is 5.92 Å². The van der Waals surface area contributed by atoms with Gasteiger partial charge < -0.3 is 5.32 Å². The van der Waals surface area contributed by atoms with E-state index < -0.39 is 0 Å². The molecule has 1 aliphatic rings. The molecule has 0 saturated heterocycles. The van der Waals surface area contributed by atoms with E-state index in [1.54, 1.807) is 0 Å². The van der Waals surface area contributed by atoms with E-state index in [4.69, 9.17) is 0 Å². The van der Waals surface area contributed by atoms with Gasteiger partial charge in [-0.1, -0.05) is 31.0 Å². The van der Waals surface area contributed by atoms with Crippen molar-refractivity contribution < 1.29 is 4.79 Å². The summed E-state index contributed by atoms with van der Waals surface area (Å²) in [6.45, 7) is 0.794. The van der Waals surface area contributed by atoms with Crippen LogP contribution in [0.1, 0.15) is 32.1 Å². The van der Waals surface area contributed by atoms with Crippen LogP contribution in [-0.2, 0) is 4.79 Å². The molecule has 1 unspecified atom stereocenters. The fourth-order valence-electron chi connectivity index (χ4n) is 2.24. The minimum absolute atomic E-state index is 0.225. The zero-order valence-electron chi connectivity index (χ0n) is 9.61. The van der Waals surface area contributed by atoms with E-state index in [0.717, 1.165) is 31.5 Å². The van der Waals surface area contributed by atoms with Gasteiger partial charge in [-0.3, -0.25) is 4.79 Å². The predicted molar refractivity (Wildman–Crippen MR) is 66.5 cm³/mol. The van der Waals surface area contributed by atoms with Crippen molar-refractivity contribution >= 4 is 11.5 Å². The van der Waals surface area contributed by atoms with E-state index >= 15 is 0 Å². The second kappa shape index (κ2) is 5.69. The predicted octanol–water partition coefficient (Wildman–Crippen LogP) is 3.25. The van der Waals surface area contributed by atoms with Crippen LogP contribution in [0, 0.1) is 5.92 Å². The lowest BCUT2D eigenvalue weighted by Gasteiger charge is -2.14. The molecule has 1 aromatic carbocycles. The van der Waals surface area contributed by atoms with Gasteiger partial charge >= 0.3 is 0 Å². The van der Waals surface area contributed by atoms with Gasteiger partial charge in [-0.2, -0.15) is 0 Å². The molecule has 2 heteroatoms. The van der Waals surface area contributed by atoms with Crippen LogP contribution >= 0.6 is 0 Å². The highest BCUT2D eigenvalue weighted by atomic mass is 16.1. The summed E-state index contributed by atoms with van der Waals surface area (Å²) in [5.74, 6) is 0.670. The number of hydrogen-bond acceptors (Lipinski definition) is 2. The van der Waals surface area contributed by atoms with E-state index in [1.807, 2.05) is 30.3 Å². The summed E-state index contributed by atoms with van der Waals surface area (Å²) in [5, 5.41) is 3.35. The number of benzene rings is 1. The molecule has 0 spiro atoms. The van der Waals surface area contributed by atoms with Gasteiger partial charge in [0, 0.05) is 24.6 Å². The zero-order valence-corrected chi connectivity index (χ0v) is 9.61. The molecule has 1 saturated carbocycles. The highest BCUT2D eigenvalue weighted by molar-refractivity contribution is 5.81. The second-order valence-electron chi connectivity index (χ2n) is 4.51. The summed E-state index contributed by atoms with van der Waals surface area (Å²) in [5.41, 5.74) is 1.11. The molecular weight excluding hydrogens is 198 g/mol. The second-order valence-corrected chi connectivity index (χ2v) is 4.51. The standard InChI is InChI=1S/C14H19NO/c16-14-10-6-1-3-7-12(14)11-15-13-8-4-2-5-9-13/h2,4-5,8-9,12,15H,1,3,6-7,10-11H2. The van der Waals surface area contributed by atoms with Crippen molar-refractivity contribution in [1.82, 2.24) is 0 Å². The number of ketones is 1. The van der Waals surface area contributed by atoms with Gasteiger partial charge in [-0.15, -0.1) is 0 Å². The third-order valence-electron chi connectivity index (χ3n) is 3.26. The highest BCUT2D eigenvalue weighted by Gasteiger charge is 2.20. The molecule has 2 nitrogen and oxygen atoms in total.